The molecule has 1 fully saturated rings. The van der Waals surface area contributed by atoms with Crippen molar-refractivity contribution in [3.8, 4) is 0 Å². The Bertz CT molecular complexity index is 395. The van der Waals surface area contributed by atoms with E-state index in [1.54, 1.807) is 0 Å². The van der Waals surface area contributed by atoms with Crippen molar-refractivity contribution in [1.82, 2.24) is 9.80 Å². The zero-order chi connectivity index (χ0) is 13.7. The molecule has 0 unspecified atom stereocenters. The lowest BCUT2D eigenvalue weighted by atomic mass is 10.1. The fourth-order valence-electron chi connectivity index (χ4n) is 2.65. The van der Waals surface area contributed by atoms with Gasteiger partial charge in [0.1, 0.15) is 0 Å². The number of aryl methyl sites for hydroxylation is 2. The largest absolute Gasteiger partial charge is 0.330 e. The smallest absolute Gasteiger partial charge is 0.0234 e. The molecule has 3 nitrogen and oxygen atoms in total. The van der Waals surface area contributed by atoms with Gasteiger partial charge in [-0.25, -0.2) is 0 Å². The number of hydrogen-bond acceptors (Lipinski definition) is 3. The van der Waals surface area contributed by atoms with Crippen LogP contribution in [0.4, 0.5) is 0 Å². The minimum Gasteiger partial charge on any atom is -0.330 e. The lowest BCUT2D eigenvalue weighted by Gasteiger charge is -2.34. The Kier molecular flexibility index (Phi) is 5.37. The lowest BCUT2D eigenvalue weighted by molar-refractivity contribution is 0.127. The number of benzene rings is 1. The van der Waals surface area contributed by atoms with Crippen LogP contribution in [0.5, 0.6) is 0 Å². The summed E-state index contributed by atoms with van der Waals surface area (Å²) in [7, 11) is 0. The van der Waals surface area contributed by atoms with E-state index < -0.39 is 0 Å². The summed E-state index contributed by atoms with van der Waals surface area (Å²) < 4.78 is 0. The first kappa shape index (κ1) is 14.5. The first-order valence-corrected chi connectivity index (χ1v) is 7.40. The van der Waals surface area contributed by atoms with Crippen molar-refractivity contribution >= 4 is 0 Å². The molecule has 0 atom stereocenters. The average molecular weight is 261 g/mol. The second-order valence-corrected chi connectivity index (χ2v) is 5.68. The molecule has 3 heteroatoms. The van der Waals surface area contributed by atoms with E-state index in [0.29, 0.717) is 0 Å². The summed E-state index contributed by atoms with van der Waals surface area (Å²) in [5.41, 5.74) is 9.79. The molecule has 0 amide bonds. The maximum absolute atomic E-state index is 5.56. The fraction of sp³-hybridized carbons (Fsp3) is 0.625. The zero-order valence-corrected chi connectivity index (χ0v) is 12.4. The van der Waals surface area contributed by atoms with Gasteiger partial charge in [0.25, 0.3) is 0 Å². The topological polar surface area (TPSA) is 32.5 Å². The third-order valence-corrected chi connectivity index (χ3v) is 4.12. The molecule has 0 radical (unpaired) electrons. The SMILES string of the molecule is Cc1ccc(CN2CCN(CCCN)CC2)cc1C. The van der Waals surface area contributed by atoms with E-state index in [0.717, 1.165) is 26.1 Å². The lowest BCUT2D eigenvalue weighted by Crippen LogP contribution is -2.46. The summed E-state index contributed by atoms with van der Waals surface area (Å²) in [6.07, 6.45) is 1.12. The van der Waals surface area contributed by atoms with Gasteiger partial charge in [0.2, 0.25) is 0 Å². The van der Waals surface area contributed by atoms with E-state index in [1.807, 2.05) is 0 Å². The molecule has 0 spiro atoms. The molecular formula is C16H27N3. The summed E-state index contributed by atoms with van der Waals surface area (Å²) in [5, 5.41) is 0. The molecule has 1 aliphatic heterocycles. The molecule has 2 N–H and O–H groups in total. The Morgan fingerprint density at radius 3 is 2.32 bits per heavy atom. The highest BCUT2D eigenvalue weighted by atomic mass is 15.3. The number of piperazine rings is 1. The van der Waals surface area contributed by atoms with Crippen molar-refractivity contribution in [2.45, 2.75) is 26.8 Å². The van der Waals surface area contributed by atoms with Crippen LogP contribution >= 0.6 is 0 Å². The third kappa shape index (κ3) is 4.30. The number of nitrogens with zero attached hydrogens (tertiary/aromatic N) is 2. The highest BCUT2D eigenvalue weighted by Crippen LogP contribution is 2.13. The minimum absolute atomic E-state index is 0.808. The third-order valence-electron chi connectivity index (χ3n) is 4.12. The van der Waals surface area contributed by atoms with Crippen LogP contribution in [-0.2, 0) is 6.54 Å². The van der Waals surface area contributed by atoms with Crippen LogP contribution in [0.2, 0.25) is 0 Å². The van der Waals surface area contributed by atoms with Crippen molar-refractivity contribution < 1.29 is 0 Å². The highest BCUT2D eigenvalue weighted by molar-refractivity contribution is 5.29. The number of nitrogens with two attached hydrogens (primary N) is 1. The highest BCUT2D eigenvalue weighted by Gasteiger charge is 2.16. The summed E-state index contributed by atoms with van der Waals surface area (Å²) in [6, 6.07) is 6.83. The first-order chi connectivity index (χ1) is 9.19. The average Bonchev–Trinajstić information content (AvgIpc) is 2.42. The molecule has 1 aromatic rings. The Morgan fingerprint density at radius 1 is 1.00 bits per heavy atom. The Morgan fingerprint density at radius 2 is 1.68 bits per heavy atom. The predicted octanol–water partition coefficient (Wildman–Crippen LogP) is 1.77. The van der Waals surface area contributed by atoms with E-state index >= 15 is 0 Å². The Labute approximate surface area is 117 Å². The normalized spacial score (nSPS) is 17.8. The van der Waals surface area contributed by atoms with Gasteiger partial charge in [-0.3, -0.25) is 4.90 Å². The van der Waals surface area contributed by atoms with Gasteiger partial charge in [-0.1, -0.05) is 18.2 Å². The van der Waals surface area contributed by atoms with Crippen molar-refractivity contribution in [3.05, 3.63) is 34.9 Å². The van der Waals surface area contributed by atoms with Crippen molar-refractivity contribution in [3.63, 3.8) is 0 Å². The minimum atomic E-state index is 0.808. The fourth-order valence-corrected chi connectivity index (χ4v) is 2.65. The van der Waals surface area contributed by atoms with Crippen LogP contribution in [0.3, 0.4) is 0 Å². The van der Waals surface area contributed by atoms with Crippen LogP contribution in [0.25, 0.3) is 0 Å². The summed E-state index contributed by atoms with van der Waals surface area (Å²) in [6.45, 7) is 12.2. The molecule has 2 rings (SSSR count). The maximum atomic E-state index is 5.56. The van der Waals surface area contributed by atoms with Gasteiger partial charge in [-0.05, 0) is 50.0 Å². The molecular weight excluding hydrogens is 234 g/mol. The van der Waals surface area contributed by atoms with Crippen LogP contribution in [0.15, 0.2) is 18.2 Å². The molecule has 0 aromatic heterocycles. The molecule has 106 valence electrons. The predicted molar refractivity (Wildman–Crippen MR) is 81.3 cm³/mol. The van der Waals surface area contributed by atoms with E-state index in [-0.39, 0.29) is 0 Å². The number of rotatable bonds is 5. The number of hydrogen-bond donors (Lipinski definition) is 1. The Balaban J connectivity index is 1.80. The van der Waals surface area contributed by atoms with E-state index in [1.165, 1.54) is 42.9 Å². The molecule has 1 aromatic carbocycles. The van der Waals surface area contributed by atoms with Crippen LogP contribution in [0, 0.1) is 13.8 Å². The van der Waals surface area contributed by atoms with Crippen molar-refractivity contribution in [1.29, 1.82) is 0 Å². The van der Waals surface area contributed by atoms with Gasteiger partial charge in [-0.2, -0.15) is 0 Å². The summed E-state index contributed by atoms with van der Waals surface area (Å²) in [5.74, 6) is 0. The maximum Gasteiger partial charge on any atom is 0.0234 e. The van der Waals surface area contributed by atoms with Gasteiger partial charge < -0.3 is 10.6 Å². The molecule has 0 bridgehead atoms. The molecule has 0 saturated carbocycles. The van der Waals surface area contributed by atoms with Crippen molar-refractivity contribution in [2.24, 2.45) is 5.73 Å². The van der Waals surface area contributed by atoms with Gasteiger partial charge in [-0.15, -0.1) is 0 Å². The Hall–Kier alpha value is -0.900. The van der Waals surface area contributed by atoms with E-state index in [4.69, 9.17) is 5.73 Å². The van der Waals surface area contributed by atoms with Gasteiger partial charge in [0, 0.05) is 32.7 Å². The van der Waals surface area contributed by atoms with Crippen molar-refractivity contribution in [2.75, 3.05) is 39.3 Å². The van der Waals surface area contributed by atoms with E-state index in [9.17, 15) is 0 Å². The van der Waals surface area contributed by atoms with Crippen LogP contribution in [-0.4, -0.2) is 49.1 Å². The molecule has 0 aliphatic carbocycles. The van der Waals surface area contributed by atoms with Gasteiger partial charge in [0.15, 0.2) is 0 Å². The second kappa shape index (κ2) is 7.04. The molecule has 1 saturated heterocycles. The zero-order valence-electron chi connectivity index (χ0n) is 12.4. The monoisotopic (exact) mass is 261 g/mol. The summed E-state index contributed by atoms with van der Waals surface area (Å²) >= 11 is 0. The molecule has 19 heavy (non-hydrogen) atoms. The van der Waals surface area contributed by atoms with Crippen LogP contribution < -0.4 is 5.73 Å². The quantitative estimate of drug-likeness (QED) is 0.877. The first-order valence-electron chi connectivity index (χ1n) is 7.40. The van der Waals surface area contributed by atoms with Gasteiger partial charge >= 0.3 is 0 Å². The second-order valence-electron chi connectivity index (χ2n) is 5.68. The molecule has 1 heterocycles. The molecule has 1 aliphatic rings. The van der Waals surface area contributed by atoms with Crippen LogP contribution in [0.1, 0.15) is 23.1 Å². The standard InChI is InChI=1S/C16H27N3/c1-14-4-5-16(12-15(14)2)13-19-10-8-18(9-11-19)7-3-6-17/h4-5,12H,3,6-11,13,17H2,1-2H3. The van der Waals surface area contributed by atoms with E-state index in [2.05, 4.69) is 41.8 Å². The summed E-state index contributed by atoms with van der Waals surface area (Å²) in [4.78, 5) is 5.09. The van der Waals surface area contributed by atoms with Gasteiger partial charge in [0.05, 0.1) is 0 Å².